The fraction of sp³-hybridized carbons (Fsp3) is 0.364. The Balaban J connectivity index is 0.956. The van der Waals surface area contributed by atoms with Gasteiger partial charge in [0.05, 0.1) is 50.1 Å². The predicted molar refractivity (Wildman–Crippen MR) is 445 cm³/mol. The number of hydrogen-bond donors (Lipinski definition) is 16. The average molecular weight is 1660 g/mol. The van der Waals surface area contributed by atoms with E-state index in [0.717, 1.165) is 0 Å². The molecule has 5 aliphatic heterocycles. The number of aliphatic carboxylic acids is 1. The number of benzene rings is 7. The first kappa shape index (κ1) is 88.6. The highest BCUT2D eigenvalue weighted by Gasteiger charge is 2.31. The van der Waals surface area contributed by atoms with Crippen molar-refractivity contribution in [2.45, 2.75) is 82.7 Å². The first-order chi connectivity index (χ1) is 58.3. The number of aromatic carboxylic acids is 1. The highest BCUT2D eigenvalue weighted by atomic mass is 16.5. The van der Waals surface area contributed by atoms with Crippen LogP contribution in [0.1, 0.15) is 185 Å². The third-order valence-electron chi connectivity index (χ3n) is 21.6. The van der Waals surface area contributed by atoms with Crippen LogP contribution in [-0.4, -0.2) is 263 Å². The Labute approximate surface area is 697 Å². The number of phenolic OH excluding ortho intramolecular Hbond substituents is 5. The van der Waals surface area contributed by atoms with E-state index in [0.29, 0.717) is 53.0 Å². The molecule has 33 heteroatoms. The number of para-hydroxylation sites is 4. The van der Waals surface area contributed by atoms with E-state index in [1.807, 2.05) is 19.6 Å². The second kappa shape index (κ2) is 42.4. The van der Waals surface area contributed by atoms with Gasteiger partial charge >= 0.3 is 11.9 Å². The van der Waals surface area contributed by atoms with Crippen LogP contribution in [0.5, 0.6) is 40.2 Å². The quantitative estimate of drug-likeness (QED) is 0.0427. The van der Waals surface area contributed by atoms with E-state index in [9.17, 15) is 83.4 Å². The van der Waals surface area contributed by atoms with Crippen molar-refractivity contribution in [3.05, 3.63) is 205 Å². The number of hydrogen-bond acceptors (Lipinski definition) is 22. The summed E-state index contributed by atoms with van der Waals surface area (Å²) in [6.07, 6.45) is 1.97. The molecule has 121 heavy (non-hydrogen) atoms. The van der Waals surface area contributed by atoms with Gasteiger partial charge < -0.3 is 88.3 Å². The number of nitrogens with one attached hydrogen (secondary N) is 9. The maximum atomic E-state index is 15.0. The lowest BCUT2D eigenvalue weighted by Gasteiger charge is -2.33. The summed E-state index contributed by atoms with van der Waals surface area (Å²) in [5, 5.41) is 105. The van der Waals surface area contributed by atoms with Crippen molar-refractivity contribution in [1.29, 1.82) is 0 Å². The monoisotopic (exact) mass is 1660 g/mol. The largest absolute Gasteiger partial charge is 0.508 e. The van der Waals surface area contributed by atoms with E-state index in [2.05, 4.69) is 54.4 Å². The molecule has 0 saturated carbocycles. The maximum Gasteiger partial charge on any atom is 0.336 e. The van der Waals surface area contributed by atoms with Crippen molar-refractivity contribution < 1.29 is 98.0 Å². The van der Waals surface area contributed by atoms with Gasteiger partial charge in [-0.05, 0) is 122 Å². The van der Waals surface area contributed by atoms with Crippen LogP contribution < -0.4 is 63.0 Å². The number of ketones is 1. The SMILES string of the molecule is C=c1ccc2c(c1)Oc1cc(O)ccc1C=2c1ccc(C(=O)CCCCCC2CN3CCNC(=O)c4cccc(c4O)C(=O)NCCN(CCNC(=O)c4cccc(c4O)C(=O)N2)CCN2CCNC(=O)c4cccc(c4O)C(=O)NCCN(CC3)CC(CCCCNC(=O)CCCC(=O)O)NC(=O)c3cccc(c3O)C(=O)NCC2)cc1C(=O)O. The molecular weight excluding hydrogens is 1560 g/mol. The number of ether oxygens (including phenoxy) is 1. The van der Waals surface area contributed by atoms with E-state index >= 15 is 4.79 Å². The van der Waals surface area contributed by atoms with Gasteiger partial charge in [0.1, 0.15) is 40.2 Å². The summed E-state index contributed by atoms with van der Waals surface area (Å²) in [5.74, 6) is -11.0. The zero-order valence-electron chi connectivity index (χ0n) is 66.9. The topological polar surface area (TPSA) is 477 Å². The van der Waals surface area contributed by atoms with Gasteiger partial charge in [-0.25, -0.2) is 4.79 Å². The van der Waals surface area contributed by atoms with Gasteiger partial charge in [-0.3, -0.25) is 72.3 Å². The number of amides is 9. The number of unbranched alkanes of at least 4 members (excludes halogenated alkanes) is 3. The van der Waals surface area contributed by atoms with Gasteiger partial charge in [0.15, 0.2) is 5.78 Å². The van der Waals surface area contributed by atoms with Gasteiger partial charge in [-0.2, -0.15) is 0 Å². The Kier molecular flexibility index (Phi) is 31.1. The zero-order valence-corrected chi connectivity index (χ0v) is 66.9. The molecule has 0 saturated heterocycles. The van der Waals surface area contributed by atoms with Gasteiger partial charge in [0.2, 0.25) is 5.91 Å². The number of carbonyl (C=O) groups excluding carboxylic acids is 10. The Bertz CT molecular complexity index is 5190. The van der Waals surface area contributed by atoms with Crippen LogP contribution >= 0.6 is 0 Å². The van der Waals surface area contributed by atoms with Crippen LogP contribution in [-0.2, 0) is 9.59 Å². The maximum absolute atomic E-state index is 15.0. The van der Waals surface area contributed by atoms with Crippen molar-refractivity contribution in [2.24, 2.45) is 0 Å². The third kappa shape index (κ3) is 23.8. The minimum Gasteiger partial charge on any atom is -0.508 e. The van der Waals surface area contributed by atoms with Gasteiger partial charge in [0, 0.05) is 184 Å². The number of carboxylic acids is 2. The lowest BCUT2D eigenvalue weighted by atomic mass is 9.88. The molecule has 5 heterocycles. The van der Waals surface area contributed by atoms with E-state index in [-0.39, 0.29) is 254 Å². The molecule has 0 radical (unpaired) electrons. The molecule has 12 bridgehead atoms. The highest BCUT2D eigenvalue weighted by molar-refractivity contribution is 6.08. The number of nitrogens with zero attached hydrogens (tertiary/aromatic N) is 4. The van der Waals surface area contributed by atoms with Gasteiger partial charge in [-0.15, -0.1) is 0 Å². The van der Waals surface area contributed by atoms with Crippen LogP contribution in [0.25, 0.3) is 12.2 Å². The predicted octanol–water partition coefficient (Wildman–Crippen LogP) is 3.98. The van der Waals surface area contributed by atoms with E-state index in [4.69, 9.17) is 9.84 Å². The van der Waals surface area contributed by atoms with Crippen molar-refractivity contribution >= 4 is 83.0 Å². The molecule has 33 nitrogen and oxygen atoms in total. The number of carbonyl (C=O) groups is 12. The third-order valence-corrected chi connectivity index (χ3v) is 21.6. The van der Waals surface area contributed by atoms with E-state index in [1.165, 1.54) is 91.0 Å². The highest BCUT2D eigenvalue weighted by Crippen LogP contribution is 2.40. The second-order valence-electron chi connectivity index (χ2n) is 30.1. The Morgan fingerprint density at radius 3 is 1.23 bits per heavy atom. The number of aromatic hydroxyl groups is 5. The summed E-state index contributed by atoms with van der Waals surface area (Å²) in [7, 11) is 0. The summed E-state index contributed by atoms with van der Waals surface area (Å²) in [6, 6.07) is 29.1. The van der Waals surface area contributed by atoms with Crippen molar-refractivity contribution in [3.63, 3.8) is 0 Å². The van der Waals surface area contributed by atoms with E-state index in [1.54, 1.807) is 36.4 Å². The molecular formula is C88H101N13O20. The number of carboxylic acid groups (broad SMARTS) is 2. The van der Waals surface area contributed by atoms with Crippen LogP contribution in [0, 0.1) is 0 Å². The lowest BCUT2D eigenvalue weighted by molar-refractivity contribution is -0.137. The van der Waals surface area contributed by atoms with Crippen LogP contribution in [0.2, 0.25) is 0 Å². The first-order valence-corrected chi connectivity index (χ1v) is 40.5. The number of fused-ring (bicyclic) bond motifs is 18. The van der Waals surface area contributed by atoms with Crippen molar-refractivity contribution in [2.75, 3.05) is 124 Å². The fourth-order valence-electron chi connectivity index (χ4n) is 15.1. The van der Waals surface area contributed by atoms with Crippen LogP contribution in [0.3, 0.4) is 0 Å². The van der Waals surface area contributed by atoms with E-state index < -0.39 is 94.3 Å². The summed E-state index contributed by atoms with van der Waals surface area (Å²) in [5.41, 5.74) is -0.622. The molecule has 5 aliphatic rings. The molecule has 0 spiro atoms. The lowest BCUT2D eigenvalue weighted by Crippen LogP contribution is -2.50. The second-order valence-corrected chi connectivity index (χ2v) is 30.1. The molecule has 16 N–H and O–H groups in total. The Morgan fingerprint density at radius 2 is 0.802 bits per heavy atom. The van der Waals surface area contributed by atoms with Crippen LogP contribution in [0.15, 0.2) is 127 Å². The zero-order chi connectivity index (χ0) is 86.2. The summed E-state index contributed by atoms with van der Waals surface area (Å²) < 4.78 is 6.15. The number of Topliss-reactive ketones (excluding diaryl/α,β-unsaturated/α-hetero) is 1. The Hall–Kier alpha value is -13.2. The van der Waals surface area contributed by atoms with Gasteiger partial charge in [0.25, 0.3) is 47.3 Å². The molecule has 0 aromatic heterocycles. The number of phenols is 5. The standard InChI is InChI=1S/C88H101N13O20/c1-53-25-28-59-71(48-53)121-72-50-57(102)27-30-60(72)75(59)58-29-26-54(49-69(58)88(119)120)70(103)22-4-2-3-12-55-51-100-42-36-94-82(113)63-16-7-14-61(76(63)107)80(111)90-32-38-98(40-34-92-84(115)65-18-9-20-67(78(65)109)86(117)96-55)44-45-99-39-33-91-81(112)62-15-8-17-64(77(62)108)83(114)95-37-43-101(47-46-100)52-56(13-5-6-31-89-73(104)23-11-24-74(105)106)97-87(118)68-21-10-19-66(79(68)110)85(116)93-35-41-99/h7-10,14-21,25-30,48-50,55-56,102,107-110H,1-6,11-13,22-24,31-47,51-52H2,(H,89,104)(H,90,111)(H,91,112)(H,92,115)(H,93,116)(H,94,113)(H,95,114)(H,96,117)(H,97,118)(H,105,106)(H,119,120). The Morgan fingerprint density at radius 1 is 0.397 bits per heavy atom. The first-order valence-electron chi connectivity index (χ1n) is 40.5. The molecule has 9 amide bonds. The normalized spacial score (nSPS) is 19.5. The summed E-state index contributed by atoms with van der Waals surface area (Å²) in [6.45, 7) is 4.48. The molecule has 12 rings (SSSR count). The fourth-order valence-corrected chi connectivity index (χ4v) is 15.1. The molecule has 638 valence electrons. The summed E-state index contributed by atoms with van der Waals surface area (Å²) >= 11 is 0. The molecule has 6 atom stereocenters. The molecule has 6 unspecified atom stereocenters. The molecule has 0 fully saturated rings. The van der Waals surface area contributed by atoms with Crippen LogP contribution in [0.4, 0.5) is 0 Å². The van der Waals surface area contributed by atoms with Crippen molar-refractivity contribution in [1.82, 2.24) is 67.5 Å². The molecule has 0 aliphatic carbocycles. The smallest absolute Gasteiger partial charge is 0.336 e. The minimum absolute atomic E-state index is 0.000150. The van der Waals surface area contributed by atoms with Gasteiger partial charge in [-0.1, -0.05) is 68.0 Å². The number of rotatable bonds is 18. The van der Waals surface area contributed by atoms with Crippen molar-refractivity contribution in [3.8, 4) is 40.2 Å². The molecule has 7 aromatic rings. The average Bonchev–Trinajstić information content (AvgIpc) is 0.742. The minimum atomic E-state index is -1.31. The summed E-state index contributed by atoms with van der Waals surface area (Å²) in [4.78, 5) is 174. The molecule has 7 aromatic carbocycles.